The van der Waals surface area contributed by atoms with Gasteiger partial charge < -0.3 is 15.2 Å². The van der Waals surface area contributed by atoms with Crippen molar-refractivity contribution in [3.05, 3.63) is 45.5 Å². The lowest BCUT2D eigenvalue weighted by atomic mass is 9.68. The summed E-state index contributed by atoms with van der Waals surface area (Å²) < 4.78 is 6.04. The molecule has 0 saturated heterocycles. The molecule has 0 unspecified atom stereocenters. The number of hydrogen-bond acceptors (Lipinski definition) is 5. The lowest BCUT2D eigenvalue weighted by Gasteiger charge is -2.37. The van der Waals surface area contributed by atoms with E-state index < -0.39 is 0 Å². The smallest absolute Gasteiger partial charge is 0.171 e. The van der Waals surface area contributed by atoms with Gasteiger partial charge in [-0.05, 0) is 64.3 Å². The maximum absolute atomic E-state index is 13.2. The summed E-state index contributed by atoms with van der Waals surface area (Å²) in [6.07, 6.45) is 1.31. The predicted octanol–water partition coefficient (Wildman–Crippen LogP) is 5.25. The number of carbonyl (C=O) groups is 1. The number of carbonyl (C=O) groups excluding carboxylic acids is 1. The third kappa shape index (κ3) is 3.38. The Balaban J connectivity index is 1.89. The van der Waals surface area contributed by atoms with Crippen LogP contribution in [0.4, 0.5) is 11.4 Å². The van der Waals surface area contributed by atoms with Crippen molar-refractivity contribution in [1.29, 1.82) is 0 Å². The van der Waals surface area contributed by atoms with Crippen molar-refractivity contribution in [3.63, 3.8) is 0 Å². The van der Waals surface area contributed by atoms with E-state index in [1.807, 2.05) is 36.4 Å². The van der Waals surface area contributed by atoms with Gasteiger partial charge in [0.05, 0.1) is 34.0 Å². The number of para-hydroxylation sites is 2. The van der Waals surface area contributed by atoms with E-state index in [0.717, 1.165) is 29.1 Å². The molecule has 2 N–H and O–H groups in total. The molecule has 2 aliphatic rings. The number of ether oxygens (including phenoxy) is 1. The SMILES string of the molecule is COc1cc([C@H]2Nc3ccccc3N=C3CC(C)(C)CC(=O)[C@H]32)cc(I)c1O. The van der Waals surface area contributed by atoms with Crippen molar-refractivity contribution in [2.45, 2.75) is 32.7 Å². The van der Waals surface area contributed by atoms with Gasteiger partial charge in [0.25, 0.3) is 0 Å². The number of nitrogens with zero attached hydrogens (tertiary/aromatic N) is 1. The van der Waals surface area contributed by atoms with Gasteiger partial charge in [-0.15, -0.1) is 0 Å². The Morgan fingerprint density at radius 3 is 2.75 bits per heavy atom. The summed E-state index contributed by atoms with van der Waals surface area (Å²) in [5, 5.41) is 13.8. The van der Waals surface area contributed by atoms with Crippen LogP contribution in [-0.4, -0.2) is 23.7 Å². The minimum absolute atomic E-state index is 0.0999. The van der Waals surface area contributed by atoms with Crippen molar-refractivity contribution in [3.8, 4) is 11.5 Å². The highest BCUT2D eigenvalue weighted by Crippen LogP contribution is 2.46. The maximum atomic E-state index is 13.2. The number of Topliss-reactive ketones (excluding diaryl/α,β-unsaturated/α-hetero) is 1. The average Bonchev–Trinajstić information content (AvgIpc) is 2.79. The number of fused-ring (bicyclic) bond motifs is 2. The summed E-state index contributed by atoms with van der Waals surface area (Å²) >= 11 is 2.09. The van der Waals surface area contributed by atoms with Gasteiger partial charge in [0, 0.05) is 12.1 Å². The molecule has 2 aromatic rings. The second-order valence-corrected chi connectivity index (χ2v) is 9.42. The molecule has 1 heterocycles. The molecule has 2 aromatic carbocycles. The summed E-state index contributed by atoms with van der Waals surface area (Å²) in [4.78, 5) is 18.2. The summed E-state index contributed by atoms with van der Waals surface area (Å²) in [6, 6.07) is 11.3. The number of hydrogen-bond donors (Lipinski definition) is 2. The molecule has 1 aliphatic carbocycles. The zero-order chi connectivity index (χ0) is 20.1. The first-order chi connectivity index (χ1) is 13.3. The van der Waals surface area contributed by atoms with Crippen LogP contribution < -0.4 is 10.1 Å². The Bertz CT molecular complexity index is 984. The number of nitrogens with one attached hydrogen (secondary N) is 1. The molecule has 1 aliphatic heterocycles. The molecule has 6 heteroatoms. The van der Waals surface area contributed by atoms with Crippen LogP contribution in [-0.2, 0) is 4.79 Å². The molecule has 0 radical (unpaired) electrons. The first kappa shape index (κ1) is 19.2. The highest BCUT2D eigenvalue weighted by molar-refractivity contribution is 14.1. The highest BCUT2D eigenvalue weighted by atomic mass is 127. The van der Waals surface area contributed by atoms with Gasteiger partial charge in [0.15, 0.2) is 11.5 Å². The van der Waals surface area contributed by atoms with Crippen molar-refractivity contribution in [1.82, 2.24) is 0 Å². The van der Waals surface area contributed by atoms with Gasteiger partial charge in [-0.2, -0.15) is 0 Å². The van der Waals surface area contributed by atoms with Crippen LogP contribution in [0, 0.1) is 14.9 Å². The van der Waals surface area contributed by atoms with Gasteiger partial charge in [-0.3, -0.25) is 9.79 Å². The third-order valence-electron chi connectivity index (χ3n) is 5.46. The fraction of sp³-hybridized carbons (Fsp3) is 0.364. The Kier molecular flexibility index (Phi) is 4.85. The molecular formula is C22H23IN2O3. The van der Waals surface area contributed by atoms with Gasteiger partial charge in [0.1, 0.15) is 5.78 Å². The zero-order valence-electron chi connectivity index (χ0n) is 16.1. The number of rotatable bonds is 2. The lowest BCUT2D eigenvalue weighted by Crippen LogP contribution is -2.42. The molecule has 1 saturated carbocycles. The minimum atomic E-state index is -0.342. The Morgan fingerprint density at radius 1 is 1.25 bits per heavy atom. The average molecular weight is 490 g/mol. The van der Waals surface area contributed by atoms with Crippen LogP contribution in [0.3, 0.4) is 0 Å². The zero-order valence-corrected chi connectivity index (χ0v) is 18.3. The van der Waals surface area contributed by atoms with E-state index in [-0.39, 0.29) is 28.9 Å². The van der Waals surface area contributed by atoms with Crippen molar-refractivity contribution < 1.29 is 14.6 Å². The number of halogens is 1. The van der Waals surface area contributed by atoms with E-state index in [2.05, 4.69) is 41.8 Å². The Morgan fingerprint density at radius 2 is 2.00 bits per heavy atom. The quantitative estimate of drug-likeness (QED) is 0.565. The first-order valence-electron chi connectivity index (χ1n) is 9.31. The van der Waals surface area contributed by atoms with Gasteiger partial charge >= 0.3 is 0 Å². The fourth-order valence-corrected chi connectivity index (χ4v) is 4.85. The molecule has 28 heavy (non-hydrogen) atoms. The molecule has 0 aromatic heterocycles. The third-order valence-corrected chi connectivity index (χ3v) is 6.28. The molecule has 0 spiro atoms. The Hall–Kier alpha value is -2.09. The van der Waals surface area contributed by atoms with Crippen LogP contribution in [0.2, 0.25) is 0 Å². The molecule has 5 nitrogen and oxygen atoms in total. The number of aliphatic imine (C=N–C) groups is 1. The van der Waals surface area contributed by atoms with Gasteiger partial charge in [-0.1, -0.05) is 26.0 Å². The van der Waals surface area contributed by atoms with Crippen molar-refractivity contribution in [2.24, 2.45) is 16.3 Å². The maximum Gasteiger partial charge on any atom is 0.171 e. The summed E-state index contributed by atoms with van der Waals surface area (Å²) in [5.74, 6) is 0.377. The second kappa shape index (κ2) is 7.06. The number of phenols is 1. The normalized spacial score (nSPS) is 23.0. The fourth-order valence-electron chi connectivity index (χ4n) is 4.22. The van der Waals surface area contributed by atoms with E-state index in [0.29, 0.717) is 15.7 Å². The minimum Gasteiger partial charge on any atom is -0.504 e. The molecule has 2 atom stereocenters. The van der Waals surface area contributed by atoms with Crippen molar-refractivity contribution in [2.75, 3.05) is 12.4 Å². The van der Waals surface area contributed by atoms with E-state index in [9.17, 15) is 9.90 Å². The van der Waals surface area contributed by atoms with Crippen LogP contribution >= 0.6 is 22.6 Å². The highest BCUT2D eigenvalue weighted by Gasteiger charge is 2.44. The van der Waals surface area contributed by atoms with E-state index in [1.54, 1.807) is 0 Å². The molecule has 1 fully saturated rings. The van der Waals surface area contributed by atoms with Gasteiger partial charge in [0.2, 0.25) is 0 Å². The Labute approximate surface area is 178 Å². The summed E-state index contributed by atoms with van der Waals surface area (Å²) in [6.45, 7) is 4.24. The van der Waals surface area contributed by atoms with Crippen LogP contribution in [0.5, 0.6) is 11.5 Å². The largest absolute Gasteiger partial charge is 0.504 e. The summed E-state index contributed by atoms with van der Waals surface area (Å²) in [5.41, 5.74) is 3.49. The van der Waals surface area contributed by atoms with Gasteiger partial charge in [-0.25, -0.2) is 0 Å². The van der Waals surface area contributed by atoms with E-state index in [1.165, 1.54) is 7.11 Å². The number of benzene rings is 2. The monoisotopic (exact) mass is 490 g/mol. The van der Waals surface area contributed by atoms with Crippen LogP contribution in [0.25, 0.3) is 0 Å². The number of anilines is 1. The first-order valence-corrected chi connectivity index (χ1v) is 10.4. The second-order valence-electron chi connectivity index (χ2n) is 8.26. The molecule has 0 amide bonds. The number of ketones is 1. The van der Waals surface area contributed by atoms with Crippen LogP contribution in [0.15, 0.2) is 41.4 Å². The topological polar surface area (TPSA) is 70.9 Å². The molecule has 0 bridgehead atoms. The predicted molar refractivity (Wildman–Crippen MR) is 119 cm³/mol. The lowest BCUT2D eigenvalue weighted by molar-refractivity contribution is -0.124. The molecular weight excluding hydrogens is 467 g/mol. The summed E-state index contributed by atoms with van der Waals surface area (Å²) in [7, 11) is 1.53. The van der Waals surface area contributed by atoms with E-state index in [4.69, 9.17) is 9.73 Å². The standard InChI is InChI=1S/C22H23IN2O3/c1-22(2)10-16-19(17(26)11-22)20(25-15-7-5-4-6-14(15)24-16)12-8-13(23)21(27)18(9-12)28-3/h4-9,19-20,25,27H,10-11H2,1-3H3/t19-,20+/m0/s1. The van der Waals surface area contributed by atoms with E-state index >= 15 is 0 Å². The number of aromatic hydroxyl groups is 1. The molecule has 4 rings (SSSR count). The molecule has 146 valence electrons. The van der Waals surface area contributed by atoms with Crippen molar-refractivity contribution >= 4 is 45.5 Å². The number of methoxy groups -OCH3 is 1. The number of phenolic OH excluding ortho intramolecular Hbond substituents is 1. The van der Waals surface area contributed by atoms with Crippen LogP contribution in [0.1, 0.15) is 38.3 Å².